The van der Waals surface area contributed by atoms with Crippen molar-refractivity contribution >= 4 is 64.1 Å². The zero-order chi connectivity index (χ0) is 15.7. The quantitative estimate of drug-likeness (QED) is 0.315. The summed E-state index contributed by atoms with van der Waals surface area (Å²) in [4.78, 5) is 3.63. The average molecular weight is 323 g/mol. The van der Waals surface area contributed by atoms with Crippen molar-refractivity contribution in [3.05, 3.63) is 72.8 Å². The van der Waals surface area contributed by atoms with Gasteiger partial charge in [-0.15, -0.1) is 11.3 Å². The van der Waals surface area contributed by atoms with Crippen LogP contribution < -0.4 is 0 Å². The lowest BCUT2D eigenvalue weighted by atomic mass is 10.0. The highest BCUT2D eigenvalue weighted by Gasteiger charge is 2.10. The first-order valence-electron chi connectivity index (χ1n) is 8.13. The van der Waals surface area contributed by atoms with Crippen molar-refractivity contribution in [2.24, 2.45) is 0 Å². The van der Waals surface area contributed by atoms with Gasteiger partial charge in [-0.2, -0.15) is 0 Å². The minimum Gasteiger partial charge on any atom is -0.354 e. The highest BCUT2D eigenvalue weighted by Crippen LogP contribution is 2.39. The van der Waals surface area contributed by atoms with Crippen LogP contribution in [-0.4, -0.2) is 4.98 Å². The second-order valence-corrected chi connectivity index (χ2v) is 7.41. The Bertz CT molecular complexity index is 1400. The summed E-state index contributed by atoms with van der Waals surface area (Å²) in [5.41, 5.74) is 2.45. The third-order valence-electron chi connectivity index (χ3n) is 4.99. The Morgan fingerprint density at radius 2 is 1.42 bits per heavy atom. The molecule has 0 aliphatic rings. The molecule has 4 aromatic carbocycles. The molecule has 2 heterocycles. The zero-order valence-corrected chi connectivity index (χ0v) is 13.7. The molecule has 0 fully saturated rings. The number of H-pyrrole nitrogens is 1. The van der Waals surface area contributed by atoms with Gasteiger partial charge in [0.05, 0.1) is 5.52 Å². The molecular weight excluding hydrogens is 310 g/mol. The van der Waals surface area contributed by atoms with Crippen LogP contribution in [0.5, 0.6) is 0 Å². The van der Waals surface area contributed by atoms with Crippen LogP contribution in [0.3, 0.4) is 0 Å². The number of aromatic nitrogens is 1. The summed E-state index contributed by atoms with van der Waals surface area (Å²) in [5.74, 6) is 0. The molecular formula is C22H13NS. The first-order chi connectivity index (χ1) is 11.9. The molecule has 1 N–H and O–H groups in total. The fourth-order valence-corrected chi connectivity index (χ4v) is 5.00. The molecule has 0 aliphatic heterocycles. The van der Waals surface area contributed by atoms with Crippen LogP contribution in [-0.2, 0) is 0 Å². The van der Waals surface area contributed by atoms with Crippen molar-refractivity contribution in [3.8, 4) is 0 Å². The molecule has 2 heteroatoms. The summed E-state index contributed by atoms with van der Waals surface area (Å²) in [5, 5.41) is 7.91. The monoisotopic (exact) mass is 323 g/mol. The van der Waals surface area contributed by atoms with Crippen LogP contribution in [0, 0.1) is 0 Å². The summed E-state index contributed by atoms with van der Waals surface area (Å²) < 4.78 is 2.72. The van der Waals surface area contributed by atoms with Gasteiger partial charge >= 0.3 is 0 Å². The summed E-state index contributed by atoms with van der Waals surface area (Å²) in [7, 11) is 0. The molecule has 0 amide bonds. The predicted octanol–water partition coefficient (Wildman–Crippen LogP) is 6.84. The van der Waals surface area contributed by atoms with Crippen LogP contribution in [0.1, 0.15) is 0 Å². The third kappa shape index (κ3) is 1.53. The lowest BCUT2D eigenvalue weighted by molar-refractivity contribution is 1.57. The van der Waals surface area contributed by atoms with Gasteiger partial charge in [-0.3, -0.25) is 0 Å². The van der Waals surface area contributed by atoms with E-state index in [9.17, 15) is 0 Å². The normalized spacial score (nSPS) is 12.2. The predicted molar refractivity (Wildman–Crippen MR) is 106 cm³/mol. The third-order valence-corrected chi connectivity index (χ3v) is 6.13. The second kappa shape index (κ2) is 4.37. The number of hydrogen-bond donors (Lipinski definition) is 1. The number of fused-ring (bicyclic) bond motifs is 8. The molecule has 1 nitrogen and oxygen atoms in total. The van der Waals surface area contributed by atoms with E-state index in [0.717, 1.165) is 0 Å². The van der Waals surface area contributed by atoms with E-state index in [-0.39, 0.29) is 0 Å². The fourth-order valence-electron chi connectivity index (χ4n) is 3.86. The van der Waals surface area contributed by atoms with Gasteiger partial charge in [0, 0.05) is 41.8 Å². The smallest absolute Gasteiger partial charge is 0.0544 e. The van der Waals surface area contributed by atoms with E-state index < -0.39 is 0 Å². The molecule has 6 rings (SSSR count). The van der Waals surface area contributed by atoms with Crippen LogP contribution in [0.15, 0.2) is 72.8 Å². The van der Waals surface area contributed by atoms with Gasteiger partial charge in [0.1, 0.15) is 0 Å². The Kier molecular flexibility index (Phi) is 2.29. The van der Waals surface area contributed by atoms with Crippen LogP contribution in [0.25, 0.3) is 52.8 Å². The summed E-state index contributed by atoms with van der Waals surface area (Å²) in [6, 6.07) is 26.4. The van der Waals surface area contributed by atoms with E-state index in [2.05, 4.69) is 77.8 Å². The van der Waals surface area contributed by atoms with Crippen molar-refractivity contribution in [3.63, 3.8) is 0 Å². The van der Waals surface area contributed by atoms with E-state index >= 15 is 0 Å². The number of thiophene rings is 1. The average Bonchev–Trinajstić information content (AvgIpc) is 3.18. The van der Waals surface area contributed by atoms with Crippen LogP contribution in [0.4, 0.5) is 0 Å². The summed E-state index contributed by atoms with van der Waals surface area (Å²) in [6.45, 7) is 0. The van der Waals surface area contributed by atoms with Gasteiger partial charge in [-0.1, -0.05) is 48.5 Å². The number of rotatable bonds is 0. The lowest BCUT2D eigenvalue weighted by Crippen LogP contribution is -1.76. The molecule has 2 aromatic heterocycles. The van der Waals surface area contributed by atoms with Gasteiger partial charge in [0.25, 0.3) is 0 Å². The maximum absolute atomic E-state index is 3.63. The lowest BCUT2D eigenvalue weighted by Gasteiger charge is -2.01. The molecule has 0 spiro atoms. The molecule has 0 radical (unpaired) electrons. The number of nitrogens with one attached hydrogen (secondary N) is 1. The molecule has 0 saturated heterocycles. The minimum atomic E-state index is 1.20. The fraction of sp³-hybridized carbons (Fsp3) is 0. The Morgan fingerprint density at radius 1 is 0.583 bits per heavy atom. The maximum atomic E-state index is 3.63. The minimum absolute atomic E-state index is 1.20. The largest absolute Gasteiger partial charge is 0.354 e. The molecule has 112 valence electrons. The van der Waals surface area contributed by atoms with Crippen molar-refractivity contribution in [1.29, 1.82) is 0 Å². The van der Waals surface area contributed by atoms with Gasteiger partial charge in [0.2, 0.25) is 0 Å². The summed E-state index contributed by atoms with van der Waals surface area (Å²) >= 11 is 1.88. The number of aromatic amines is 1. The molecule has 6 aromatic rings. The van der Waals surface area contributed by atoms with E-state index in [4.69, 9.17) is 0 Å². The van der Waals surface area contributed by atoms with Gasteiger partial charge < -0.3 is 4.98 Å². The Hall–Kier alpha value is -2.84. The highest BCUT2D eigenvalue weighted by molar-refractivity contribution is 7.25. The van der Waals surface area contributed by atoms with E-state index in [1.807, 2.05) is 11.3 Å². The first kappa shape index (κ1) is 12.6. The first-order valence-corrected chi connectivity index (χ1v) is 8.94. The molecule has 0 unspecified atom stereocenters. The van der Waals surface area contributed by atoms with E-state index in [1.54, 1.807) is 0 Å². The molecule has 0 aliphatic carbocycles. The SMILES string of the molecule is c1ccc2c(c1)[nH]c1c3cc4c(cc3ccc21)sc1ccccc14. The van der Waals surface area contributed by atoms with Gasteiger partial charge in [0.15, 0.2) is 0 Å². The maximum Gasteiger partial charge on any atom is 0.0544 e. The molecule has 0 atom stereocenters. The molecule has 0 bridgehead atoms. The standard InChI is InChI=1S/C22H13NS/c1-3-7-19-14(5-1)16-10-9-13-11-21-18(12-17(13)22(16)23-19)15-6-2-4-8-20(15)24-21/h1-12,23H. The Morgan fingerprint density at radius 3 is 2.38 bits per heavy atom. The summed E-state index contributed by atoms with van der Waals surface area (Å²) in [6.07, 6.45) is 0. The zero-order valence-electron chi connectivity index (χ0n) is 12.8. The van der Waals surface area contributed by atoms with Crippen molar-refractivity contribution in [2.75, 3.05) is 0 Å². The van der Waals surface area contributed by atoms with Crippen LogP contribution in [0.2, 0.25) is 0 Å². The molecule has 0 saturated carbocycles. The van der Waals surface area contributed by atoms with Crippen LogP contribution >= 0.6 is 11.3 Å². The van der Waals surface area contributed by atoms with Crippen molar-refractivity contribution < 1.29 is 0 Å². The number of benzene rings is 4. The highest BCUT2D eigenvalue weighted by atomic mass is 32.1. The number of para-hydroxylation sites is 1. The number of hydrogen-bond acceptors (Lipinski definition) is 1. The van der Waals surface area contributed by atoms with Gasteiger partial charge in [-0.05, 0) is 29.7 Å². The van der Waals surface area contributed by atoms with Gasteiger partial charge in [-0.25, -0.2) is 0 Å². The Labute approximate surface area is 142 Å². The second-order valence-electron chi connectivity index (χ2n) is 6.33. The van der Waals surface area contributed by atoms with Crippen molar-refractivity contribution in [1.82, 2.24) is 4.98 Å². The van der Waals surface area contributed by atoms with Crippen molar-refractivity contribution in [2.45, 2.75) is 0 Å². The van der Waals surface area contributed by atoms with E-state index in [0.29, 0.717) is 0 Å². The molecule has 24 heavy (non-hydrogen) atoms. The van der Waals surface area contributed by atoms with E-state index in [1.165, 1.54) is 52.8 Å². The topological polar surface area (TPSA) is 15.8 Å². The Balaban J connectivity index is 1.87.